The van der Waals surface area contributed by atoms with Gasteiger partial charge in [-0.25, -0.2) is 15.0 Å². The average Bonchev–Trinajstić information content (AvgIpc) is 2.47. The first kappa shape index (κ1) is 15.3. The zero-order valence-electron chi connectivity index (χ0n) is 13.9. The van der Waals surface area contributed by atoms with Crippen molar-refractivity contribution in [1.82, 2.24) is 19.5 Å². The minimum Gasteiger partial charge on any atom is -0.266 e. The van der Waals surface area contributed by atoms with E-state index in [0.717, 1.165) is 12.1 Å². The predicted octanol–water partition coefficient (Wildman–Crippen LogP) is 3.07. The summed E-state index contributed by atoms with van der Waals surface area (Å²) in [6, 6.07) is 8.04. The summed E-state index contributed by atoms with van der Waals surface area (Å²) in [5, 5.41) is 0. The minimum atomic E-state index is -0.191. The van der Waals surface area contributed by atoms with Crippen molar-refractivity contribution in [3.63, 3.8) is 0 Å². The summed E-state index contributed by atoms with van der Waals surface area (Å²) < 4.78 is 1.58. The number of hydrogen-bond donors (Lipinski definition) is 0. The molecule has 0 atom stereocenters. The second-order valence-corrected chi connectivity index (χ2v) is 6.93. The fourth-order valence-electron chi connectivity index (χ4n) is 2.70. The molecule has 5 nitrogen and oxygen atoms in total. The summed E-state index contributed by atoms with van der Waals surface area (Å²) in [5.41, 5.74) is 2.76. The lowest BCUT2D eigenvalue weighted by molar-refractivity contribution is 0.411. The van der Waals surface area contributed by atoms with Crippen molar-refractivity contribution >= 4 is 11.2 Å². The number of nitrogens with zero attached hydrogens (tertiary/aromatic N) is 4. The first-order valence-electron chi connectivity index (χ1n) is 7.65. The van der Waals surface area contributed by atoms with Crippen molar-refractivity contribution in [2.24, 2.45) is 5.41 Å². The molecule has 0 aliphatic rings. The highest BCUT2D eigenvalue weighted by molar-refractivity contribution is 5.68. The highest BCUT2D eigenvalue weighted by atomic mass is 16.1. The van der Waals surface area contributed by atoms with Gasteiger partial charge in [0.05, 0.1) is 5.69 Å². The van der Waals surface area contributed by atoms with Crippen LogP contribution in [0.3, 0.4) is 0 Å². The Morgan fingerprint density at radius 3 is 2.35 bits per heavy atom. The van der Waals surface area contributed by atoms with E-state index >= 15 is 0 Å². The van der Waals surface area contributed by atoms with Gasteiger partial charge in [-0.15, -0.1) is 0 Å². The molecule has 3 rings (SSSR count). The highest BCUT2D eigenvalue weighted by Gasteiger charge is 2.13. The van der Waals surface area contributed by atoms with Crippen LogP contribution >= 0.6 is 0 Å². The molecule has 1 aromatic carbocycles. The molecule has 2 aromatic heterocycles. The number of hydrogen-bond acceptors (Lipinski definition) is 4. The SMILES string of the molecule is Cc1nc2nccnc2c(=O)n1-c1ccc(CC(C)(C)C)cc1. The van der Waals surface area contributed by atoms with Crippen LogP contribution in [0.1, 0.15) is 32.2 Å². The number of aromatic nitrogens is 4. The number of fused-ring (bicyclic) bond motifs is 1. The highest BCUT2D eigenvalue weighted by Crippen LogP contribution is 2.21. The maximum Gasteiger partial charge on any atom is 0.286 e. The van der Waals surface area contributed by atoms with Gasteiger partial charge in [0.25, 0.3) is 5.56 Å². The van der Waals surface area contributed by atoms with E-state index in [2.05, 4.69) is 47.9 Å². The summed E-state index contributed by atoms with van der Waals surface area (Å²) in [5.74, 6) is 0.603. The Balaban J connectivity index is 2.08. The Bertz CT molecular complexity index is 905. The molecule has 0 saturated carbocycles. The maximum atomic E-state index is 12.7. The third-order valence-corrected chi connectivity index (χ3v) is 3.60. The van der Waals surface area contributed by atoms with E-state index in [4.69, 9.17) is 0 Å². The fraction of sp³-hybridized carbons (Fsp3) is 0.333. The largest absolute Gasteiger partial charge is 0.286 e. The molecular formula is C18H20N4O. The Morgan fingerprint density at radius 1 is 1.04 bits per heavy atom. The van der Waals surface area contributed by atoms with Gasteiger partial charge in [0.1, 0.15) is 5.82 Å². The summed E-state index contributed by atoms with van der Waals surface area (Å²) in [6.45, 7) is 8.43. The Kier molecular flexibility index (Phi) is 3.72. The molecule has 23 heavy (non-hydrogen) atoms. The van der Waals surface area contributed by atoms with Crippen molar-refractivity contribution in [2.75, 3.05) is 0 Å². The molecule has 0 spiro atoms. The van der Waals surface area contributed by atoms with E-state index in [1.807, 2.05) is 12.1 Å². The quantitative estimate of drug-likeness (QED) is 0.730. The smallest absolute Gasteiger partial charge is 0.266 e. The Hall–Kier alpha value is -2.56. The van der Waals surface area contributed by atoms with E-state index in [1.54, 1.807) is 17.7 Å². The van der Waals surface area contributed by atoms with Gasteiger partial charge < -0.3 is 0 Å². The van der Waals surface area contributed by atoms with Crippen LogP contribution < -0.4 is 5.56 Å². The van der Waals surface area contributed by atoms with E-state index in [9.17, 15) is 4.79 Å². The summed E-state index contributed by atoms with van der Waals surface area (Å²) in [4.78, 5) is 25.3. The van der Waals surface area contributed by atoms with Crippen LogP contribution in [-0.2, 0) is 6.42 Å². The second-order valence-electron chi connectivity index (χ2n) is 6.93. The fourth-order valence-corrected chi connectivity index (χ4v) is 2.70. The lowest BCUT2D eigenvalue weighted by Crippen LogP contribution is -2.23. The van der Waals surface area contributed by atoms with E-state index in [-0.39, 0.29) is 16.5 Å². The van der Waals surface area contributed by atoms with Gasteiger partial charge in [0.15, 0.2) is 11.2 Å². The average molecular weight is 308 g/mol. The third kappa shape index (κ3) is 3.13. The zero-order chi connectivity index (χ0) is 16.6. The number of benzene rings is 1. The van der Waals surface area contributed by atoms with Crippen LogP contribution in [0, 0.1) is 12.3 Å². The standard InChI is InChI=1S/C18H20N4O/c1-12-21-16-15(19-9-10-20-16)17(23)22(12)14-7-5-13(6-8-14)11-18(2,3)4/h5-10H,11H2,1-4H3. The van der Waals surface area contributed by atoms with Crippen LogP contribution in [0.15, 0.2) is 41.5 Å². The summed E-state index contributed by atoms with van der Waals surface area (Å²) in [7, 11) is 0. The molecule has 0 amide bonds. The maximum absolute atomic E-state index is 12.7. The van der Waals surface area contributed by atoms with Gasteiger partial charge in [-0.05, 0) is 36.5 Å². The predicted molar refractivity (Wildman–Crippen MR) is 90.8 cm³/mol. The summed E-state index contributed by atoms with van der Waals surface area (Å²) >= 11 is 0. The van der Waals surface area contributed by atoms with Crippen LogP contribution in [0.25, 0.3) is 16.9 Å². The molecule has 0 N–H and O–H groups in total. The van der Waals surface area contributed by atoms with E-state index in [0.29, 0.717) is 11.5 Å². The molecule has 2 heterocycles. The molecule has 5 heteroatoms. The van der Waals surface area contributed by atoms with E-state index < -0.39 is 0 Å². The molecule has 0 fully saturated rings. The van der Waals surface area contributed by atoms with Crippen molar-refractivity contribution in [1.29, 1.82) is 0 Å². The normalized spacial score (nSPS) is 11.8. The van der Waals surface area contributed by atoms with Gasteiger partial charge in [0.2, 0.25) is 0 Å². The van der Waals surface area contributed by atoms with Gasteiger partial charge >= 0.3 is 0 Å². The van der Waals surface area contributed by atoms with Crippen molar-refractivity contribution in [2.45, 2.75) is 34.1 Å². The monoisotopic (exact) mass is 308 g/mol. The molecule has 0 bridgehead atoms. The van der Waals surface area contributed by atoms with Crippen molar-refractivity contribution < 1.29 is 0 Å². The first-order chi connectivity index (χ1) is 10.8. The van der Waals surface area contributed by atoms with Crippen LogP contribution in [0.4, 0.5) is 0 Å². The molecule has 0 aliphatic carbocycles. The zero-order valence-corrected chi connectivity index (χ0v) is 13.9. The first-order valence-corrected chi connectivity index (χ1v) is 7.65. The lowest BCUT2D eigenvalue weighted by Gasteiger charge is -2.18. The number of rotatable bonds is 2. The van der Waals surface area contributed by atoms with Gasteiger partial charge in [-0.2, -0.15) is 0 Å². The van der Waals surface area contributed by atoms with Crippen molar-refractivity contribution in [3.05, 3.63) is 58.4 Å². The van der Waals surface area contributed by atoms with Crippen LogP contribution in [0.2, 0.25) is 0 Å². The van der Waals surface area contributed by atoms with Gasteiger partial charge in [-0.3, -0.25) is 9.36 Å². The molecule has 118 valence electrons. The van der Waals surface area contributed by atoms with Crippen LogP contribution in [0.5, 0.6) is 0 Å². The molecule has 0 saturated heterocycles. The molecule has 0 aliphatic heterocycles. The Labute approximate surface area is 135 Å². The van der Waals surface area contributed by atoms with Crippen LogP contribution in [-0.4, -0.2) is 19.5 Å². The second kappa shape index (κ2) is 5.57. The topological polar surface area (TPSA) is 60.7 Å². The minimum absolute atomic E-state index is 0.191. The third-order valence-electron chi connectivity index (χ3n) is 3.60. The molecule has 0 unspecified atom stereocenters. The molecule has 3 aromatic rings. The van der Waals surface area contributed by atoms with Gasteiger partial charge in [0, 0.05) is 12.4 Å². The Morgan fingerprint density at radius 2 is 1.70 bits per heavy atom. The molecule has 0 radical (unpaired) electrons. The van der Waals surface area contributed by atoms with Crippen molar-refractivity contribution in [3.8, 4) is 5.69 Å². The summed E-state index contributed by atoms with van der Waals surface area (Å²) in [6.07, 6.45) is 4.04. The van der Waals surface area contributed by atoms with E-state index in [1.165, 1.54) is 11.8 Å². The van der Waals surface area contributed by atoms with Gasteiger partial charge in [-0.1, -0.05) is 32.9 Å². The molecular weight excluding hydrogens is 288 g/mol. The lowest BCUT2D eigenvalue weighted by atomic mass is 9.88. The number of aryl methyl sites for hydroxylation is 1.